The van der Waals surface area contributed by atoms with Crippen LogP contribution in [-0.4, -0.2) is 53.6 Å². The molecule has 138 valence electrons. The van der Waals surface area contributed by atoms with Crippen LogP contribution in [0, 0.1) is 5.41 Å². The maximum Gasteiger partial charge on any atom is 0.287 e. The Morgan fingerprint density at radius 1 is 1.08 bits per heavy atom. The van der Waals surface area contributed by atoms with Gasteiger partial charge in [0, 0.05) is 24.9 Å². The standard InChI is InChI=1S/C18H26N2O5/c1-18(2,12-21)15(23)17(25)20-11-9-14(22)16(24)19-10-8-13-6-4-3-5-7-13/h3-7,15,21,23H,8-12H2,1-2H3,(H,19,24)(H,20,25). The van der Waals surface area contributed by atoms with Crippen molar-refractivity contribution in [3.8, 4) is 0 Å². The third kappa shape index (κ3) is 7.03. The van der Waals surface area contributed by atoms with Crippen LogP contribution in [0.1, 0.15) is 25.8 Å². The molecular formula is C18H26N2O5. The second kappa shape index (κ2) is 9.90. The smallest absolute Gasteiger partial charge is 0.287 e. The Kier molecular flexibility index (Phi) is 8.24. The van der Waals surface area contributed by atoms with Gasteiger partial charge in [-0.05, 0) is 12.0 Å². The second-order valence-corrected chi connectivity index (χ2v) is 6.50. The highest BCUT2D eigenvalue weighted by atomic mass is 16.3. The van der Waals surface area contributed by atoms with Crippen LogP contribution in [0.3, 0.4) is 0 Å². The van der Waals surface area contributed by atoms with Crippen molar-refractivity contribution in [2.24, 2.45) is 5.41 Å². The number of rotatable bonds is 10. The minimum Gasteiger partial charge on any atom is -0.396 e. The molecule has 4 N–H and O–H groups in total. The quantitative estimate of drug-likeness (QED) is 0.436. The fourth-order valence-electron chi connectivity index (χ4n) is 2.01. The molecule has 0 bridgehead atoms. The van der Waals surface area contributed by atoms with Gasteiger partial charge in [0.15, 0.2) is 0 Å². The molecule has 1 aromatic rings. The third-order valence-corrected chi connectivity index (χ3v) is 3.84. The van der Waals surface area contributed by atoms with E-state index in [4.69, 9.17) is 5.11 Å². The lowest BCUT2D eigenvalue weighted by molar-refractivity contribution is -0.139. The van der Waals surface area contributed by atoms with E-state index in [2.05, 4.69) is 10.6 Å². The Morgan fingerprint density at radius 3 is 2.32 bits per heavy atom. The summed E-state index contributed by atoms with van der Waals surface area (Å²) in [6.07, 6.45) is -0.930. The summed E-state index contributed by atoms with van der Waals surface area (Å²) in [6, 6.07) is 9.57. The van der Waals surface area contributed by atoms with Crippen LogP contribution in [0.4, 0.5) is 0 Å². The predicted molar refractivity (Wildman–Crippen MR) is 92.7 cm³/mol. The third-order valence-electron chi connectivity index (χ3n) is 3.84. The van der Waals surface area contributed by atoms with Crippen LogP contribution in [-0.2, 0) is 20.8 Å². The first-order chi connectivity index (χ1) is 11.8. The van der Waals surface area contributed by atoms with Gasteiger partial charge in [0.05, 0.1) is 6.61 Å². The van der Waals surface area contributed by atoms with E-state index in [1.165, 1.54) is 0 Å². The van der Waals surface area contributed by atoms with E-state index >= 15 is 0 Å². The summed E-state index contributed by atoms with van der Waals surface area (Å²) in [5, 5.41) is 23.9. The van der Waals surface area contributed by atoms with Crippen molar-refractivity contribution in [3.63, 3.8) is 0 Å². The highest BCUT2D eigenvalue weighted by Gasteiger charge is 2.32. The van der Waals surface area contributed by atoms with Crippen molar-refractivity contribution in [3.05, 3.63) is 35.9 Å². The Balaban J connectivity index is 2.27. The van der Waals surface area contributed by atoms with Crippen LogP contribution >= 0.6 is 0 Å². The van der Waals surface area contributed by atoms with E-state index in [9.17, 15) is 19.5 Å². The normalized spacial score (nSPS) is 12.3. The molecule has 1 atom stereocenters. The van der Waals surface area contributed by atoms with Crippen LogP contribution < -0.4 is 10.6 Å². The minimum absolute atomic E-state index is 0.0532. The monoisotopic (exact) mass is 350 g/mol. The molecule has 0 radical (unpaired) electrons. The van der Waals surface area contributed by atoms with Crippen molar-refractivity contribution in [2.45, 2.75) is 32.8 Å². The number of carbonyl (C=O) groups is 3. The molecule has 0 aliphatic heterocycles. The molecule has 0 aliphatic carbocycles. The zero-order valence-electron chi connectivity index (χ0n) is 14.6. The molecule has 2 amide bonds. The summed E-state index contributed by atoms with van der Waals surface area (Å²) in [7, 11) is 0. The second-order valence-electron chi connectivity index (χ2n) is 6.50. The number of aliphatic hydroxyl groups excluding tert-OH is 2. The lowest BCUT2D eigenvalue weighted by Crippen LogP contribution is -2.46. The van der Waals surface area contributed by atoms with E-state index < -0.39 is 29.1 Å². The van der Waals surface area contributed by atoms with Gasteiger partial charge >= 0.3 is 0 Å². The summed E-state index contributed by atoms with van der Waals surface area (Å²) in [4.78, 5) is 35.2. The molecule has 1 unspecified atom stereocenters. The Labute approximate surface area is 147 Å². The number of hydrogen-bond donors (Lipinski definition) is 4. The number of carbonyl (C=O) groups excluding carboxylic acids is 3. The number of amides is 2. The van der Waals surface area contributed by atoms with Gasteiger partial charge < -0.3 is 20.8 Å². The maximum atomic E-state index is 11.7. The molecule has 0 aliphatic rings. The fraction of sp³-hybridized carbons (Fsp3) is 0.500. The molecule has 0 saturated heterocycles. The molecule has 0 aromatic heterocycles. The maximum absolute atomic E-state index is 11.7. The van der Waals surface area contributed by atoms with Gasteiger partial charge in [0.2, 0.25) is 11.7 Å². The van der Waals surface area contributed by atoms with Crippen LogP contribution in [0.2, 0.25) is 0 Å². The summed E-state index contributed by atoms with van der Waals surface area (Å²) in [6.45, 7) is 3.03. The minimum atomic E-state index is -1.40. The first kappa shape index (κ1) is 20.8. The van der Waals surface area contributed by atoms with Gasteiger partial charge in [-0.1, -0.05) is 44.2 Å². The number of aliphatic hydroxyl groups is 2. The van der Waals surface area contributed by atoms with E-state index in [-0.39, 0.29) is 19.6 Å². The SMILES string of the molecule is CC(C)(CO)C(O)C(=O)NCCC(=O)C(=O)NCCc1ccccc1. The largest absolute Gasteiger partial charge is 0.396 e. The average Bonchev–Trinajstić information content (AvgIpc) is 2.61. The Hall–Kier alpha value is -2.25. The van der Waals surface area contributed by atoms with E-state index in [1.807, 2.05) is 30.3 Å². The molecule has 0 saturated carbocycles. The zero-order valence-corrected chi connectivity index (χ0v) is 14.6. The molecule has 1 aromatic carbocycles. The molecule has 7 nitrogen and oxygen atoms in total. The predicted octanol–water partition coefficient (Wildman–Crippen LogP) is -0.200. The Bertz CT molecular complexity index is 586. The van der Waals surface area contributed by atoms with Gasteiger partial charge in [0.1, 0.15) is 6.10 Å². The molecule has 7 heteroatoms. The summed E-state index contributed by atoms with van der Waals surface area (Å²) >= 11 is 0. The number of hydrogen-bond acceptors (Lipinski definition) is 5. The molecule has 0 fully saturated rings. The van der Waals surface area contributed by atoms with Crippen molar-refractivity contribution < 1.29 is 24.6 Å². The highest BCUT2D eigenvalue weighted by molar-refractivity contribution is 6.36. The first-order valence-electron chi connectivity index (χ1n) is 8.19. The molecule has 0 heterocycles. The van der Waals surface area contributed by atoms with Crippen LogP contribution in [0.25, 0.3) is 0 Å². The van der Waals surface area contributed by atoms with E-state index in [0.29, 0.717) is 13.0 Å². The van der Waals surface area contributed by atoms with Crippen molar-refractivity contribution in [2.75, 3.05) is 19.7 Å². The number of nitrogens with one attached hydrogen (secondary N) is 2. The molecule has 1 rings (SSSR count). The lowest BCUT2D eigenvalue weighted by Gasteiger charge is -2.27. The summed E-state index contributed by atoms with van der Waals surface area (Å²) in [5.74, 6) is -2.01. The van der Waals surface area contributed by atoms with E-state index in [0.717, 1.165) is 5.56 Å². The number of ketones is 1. The molecule has 25 heavy (non-hydrogen) atoms. The number of benzene rings is 1. The van der Waals surface area contributed by atoms with Gasteiger partial charge in [-0.3, -0.25) is 14.4 Å². The van der Waals surface area contributed by atoms with Gasteiger partial charge in [-0.25, -0.2) is 0 Å². The summed E-state index contributed by atoms with van der Waals surface area (Å²) in [5.41, 5.74) is 0.0751. The molecule has 0 spiro atoms. The van der Waals surface area contributed by atoms with Crippen molar-refractivity contribution >= 4 is 17.6 Å². The van der Waals surface area contributed by atoms with Gasteiger partial charge in [-0.2, -0.15) is 0 Å². The molecular weight excluding hydrogens is 324 g/mol. The van der Waals surface area contributed by atoms with Crippen LogP contribution in [0.5, 0.6) is 0 Å². The lowest BCUT2D eigenvalue weighted by atomic mass is 9.87. The summed E-state index contributed by atoms with van der Waals surface area (Å²) < 4.78 is 0. The van der Waals surface area contributed by atoms with Gasteiger partial charge in [0.25, 0.3) is 5.91 Å². The fourth-order valence-corrected chi connectivity index (χ4v) is 2.01. The Morgan fingerprint density at radius 2 is 1.72 bits per heavy atom. The topological polar surface area (TPSA) is 116 Å². The van der Waals surface area contributed by atoms with Crippen LogP contribution in [0.15, 0.2) is 30.3 Å². The average molecular weight is 350 g/mol. The van der Waals surface area contributed by atoms with Crippen molar-refractivity contribution in [1.29, 1.82) is 0 Å². The van der Waals surface area contributed by atoms with Gasteiger partial charge in [-0.15, -0.1) is 0 Å². The van der Waals surface area contributed by atoms with Crippen molar-refractivity contribution in [1.82, 2.24) is 10.6 Å². The first-order valence-corrected chi connectivity index (χ1v) is 8.19. The highest BCUT2D eigenvalue weighted by Crippen LogP contribution is 2.19. The number of Topliss-reactive ketones (excluding diaryl/α,β-unsaturated/α-hetero) is 1. The zero-order chi connectivity index (χ0) is 18.9. The van der Waals surface area contributed by atoms with E-state index in [1.54, 1.807) is 13.8 Å².